The summed E-state index contributed by atoms with van der Waals surface area (Å²) in [7, 11) is 0. The van der Waals surface area contributed by atoms with Crippen molar-refractivity contribution in [3.05, 3.63) is 47.9 Å². The first-order valence-corrected chi connectivity index (χ1v) is 9.95. The molecule has 0 spiro atoms. The third-order valence-electron chi connectivity index (χ3n) is 5.38. The zero-order valence-corrected chi connectivity index (χ0v) is 17.0. The highest BCUT2D eigenvalue weighted by Crippen LogP contribution is 2.21. The van der Waals surface area contributed by atoms with Crippen LogP contribution in [0, 0.1) is 6.92 Å². The second kappa shape index (κ2) is 8.26. The van der Waals surface area contributed by atoms with Gasteiger partial charge in [-0.15, -0.1) is 5.10 Å². The van der Waals surface area contributed by atoms with Crippen LogP contribution in [-0.2, 0) is 4.74 Å². The second-order valence-electron chi connectivity index (χ2n) is 7.53. The lowest BCUT2D eigenvalue weighted by Gasteiger charge is -2.36. The van der Waals surface area contributed by atoms with E-state index in [1.54, 1.807) is 10.9 Å². The molecule has 1 amide bonds. The van der Waals surface area contributed by atoms with Gasteiger partial charge in [0.25, 0.3) is 5.91 Å². The number of hydrogen-bond acceptors (Lipinski definition) is 6. The Morgan fingerprint density at radius 3 is 3.00 bits per heavy atom. The fourth-order valence-electron chi connectivity index (χ4n) is 3.72. The zero-order chi connectivity index (χ0) is 20.4. The molecule has 2 atom stereocenters. The number of nitrogens with one attached hydrogen (secondary N) is 1. The summed E-state index contributed by atoms with van der Waals surface area (Å²) in [5, 5.41) is 12.3. The topological polar surface area (TPSA) is 85.2 Å². The van der Waals surface area contributed by atoms with Crippen molar-refractivity contribution < 1.29 is 9.53 Å². The predicted octanol–water partition coefficient (Wildman–Crippen LogP) is 1.96. The molecule has 3 aromatic rings. The van der Waals surface area contributed by atoms with Crippen LogP contribution in [0.15, 0.2) is 36.5 Å². The van der Waals surface area contributed by atoms with Crippen molar-refractivity contribution in [1.29, 1.82) is 0 Å². The van der Waals surface area contributed by atoms with Gasteiger partial charge in [-0.25, -0.2) is 4.68 Å². The third-order valence-corrected chi connectivity index (χ3v) is 5.38. The monoisotopic (exact) mass is 394 g/mol. The highest BCUT2D eigenvalue weighted by molar-refractivity contribution is 5.94. The van der Waals surface area contributed by atoms with Gasteiger partial charge < -0.3 is 10.1 Å². The fraction of sp³-hybridized carbons (Fsp3) is 0.429. The maximum absolute atomic E-state index is 12.7. The number of rotatable bonds is 5. The number of carbonyl (C=O) groups excluding carboxylic acids is 1. The van der Waals surface area contributed by atoms with E-state index in [1.807, 2.05) is 37.3 Å². The van der Waals surface area contributed by atoms with Crippen molar-refractivity contribution in [2.24, 2.45) is 0 Å². The lowest BCUT2D eigenvalue weighted by atomic mass is 10.2. The lowest BCUT2D eigenvalue weighted by molar-refractivity contribution is -0.0484. The van der Waals surface area contributed by atoms with E-state index < -0.39 is 0 Å². The van der Waals surface area contributed by atoms with Crippen molar-refractivity contribution in [3.8, 4) is 5.69 Å². The van der Waals surface area contributed by atoms with Crippen LogP contribution in [0.2, 0.25) is 0 Å². The van der Waals surface area contributed by atoms with Crippen LogP contribution >= 0.6 is 0 Å². The molecule has 0 saturated carbocycles. The molecule has 1 N–H and O–H groups in total. The van der Waals surface area contributed by atoms with E-state index in [2.05, 4.69) is 39.4 Å². The van der Waals surface area contributed by atoms with Gasteiger partial charge in [0.05, 0.1) is 29.6 Å². The van der Waals surface area contributed by atoms with Gasteiger partial charge >= 0.3 is 0 Å². The Kier molecular flexibility index (Phi) is 5.55. The van der Waals surface area contributed by atoms with Gasteiger partial charge in [0, 0.05) is 37.3 Å². The second-order valence-corrected chi connectivity index (χ2v) is 7.53. The molecular weight excluding hydrogens is 368 g/mol. The summed E-state index contributed by atoms with van der Waals surface area (Å²) in [6.45, 7) is 9.01. The van der Waals surface area contributed by atoms with Gasteiger partial charge in [0.2, 0.25) is 0 Å². The van der Waals surface area contributed by atoms with E-state index in [4.69, 9.17) is 4.74 Å². The highest BCUT2D eigenvalue weighted by Gasteiger charge is 2.23. The minimum Gasteiger partial charge on any atom is -0.376 e. The van der Waals surface area contributed by atoms with Gasteiger partial charge in [-0.2, -0.15) is 0 Å². The predicted molar refractivity (Wildman–Crippen MR) is 110 cm³/mol. The maximum Gasteiger partial charge on any atom is 0.273 e. The molecule has 8 heteroatoms. The molecule has 152 valence electrons. The Bertz CT molecular complexity index is 1010. The Labute approximate surface area is 169 Å². The first-order chi connectivity index (χ1) is 14.0. The largest absolute Gasteiger partial charge is 0.376 e. The van der Waals surface area contributed by atoms with Crippen LogP contribution < -0.4 is 5.32 Å². The van der Waals surface area contributed by atoms with Crippen molar-refractivity contribution in [2.75, 3.05) is 26.2 Å². The van der Waals surface area contributed by atoms with Crippen LogP contribution in [0.3, 0.4) is 0 Å². The number of fused-ring (bicyclic) bond motifs is 1. The quantitative estimate of drug-likeness (QED) is 0.712. The normalized spacial score (nSPS) is 20.1. The van der Waals surface area contributed by atoms with E-state index in [-0.39, 0.29) is 12.0 Å². The van der Waals surface area contributed by atoms with E-state index >= 15 is 0 Å². The Morgan fingerprint density at radius 2 is 2.14 bits per heavy atom. The number of hydrogen-bond donors (Lipinski definition) is 1. The molecule has 1 aromatic carbocycles. The van der Waals surface area contributed by atoms with Gasteiger partial charge in [-0.3, -0.25) is 14.7 Å². The summed E-state index contributed by atoms with van der Waals surface area (Å²) < 4.78 is 7.35. The molecule has 2 aromatic heterocycles. The number of morpholine rings is 1. The molecule has 4 rings (SSSR count). The molecule has 1 aliphatic rings. The zero-order valence-electron chi connectivity index (χ0n) is 17.0. The van der Waals surface area contributed by atoms with Gasteiger partial charge in [0.15, 0.2) is 5.69 Å². The summed E-state index contributed by atoms with van der Waals surface area (Å²) in [4.78, 5) is 19.4. The van der Waals surface area contributed by atoms with Crippen molar-refractivity contribution in [3.63, 3.8) is 0 Å². The molecule has 29 heavy (non-hydrogen) atoms. The maximum atomic E-state index is 12.7. The van der Waals surface area contributed by atoms with E-state index in [1.165, 1.54) is 0 Å². The molecule has 1 fully saturated rings. The van der Waals surface area contributed by atoms with Crippen LogP contribution in [-0.4, -0.2) is 69.2 Å². The minimum atomic E-state index is -0.207. The molecule has 1 saturated heterocycles. The van der Waals surface area contributed by atoms with Crippen molar-refractivity contribution >= 4 is 16.8 Å². The summed E-state index contributed by atoms with van der Waals surface area (Å²) in [5.41, 5.74) is 2.78. The number of aromatic nitrogens is 4. The molecular formula is C21H26N6O2. The number of carbonyl (C=O) groups is 1. The average Bonchev–Trinajstić information content (AvgIpc) is 3.11. The van der Waals surface area contributed by atoms with Crippen molar-refractivity contribution in [2.45, 2.75) is 32.9 Å². The van der Waals surface area contributed by atoms with Crippen LogP contribution in [0.5, 0.6) is 0 Å². The standard InChI is InChI=1S/C21H26N6O2/c1-14-13-29-15(2)12-26(14)11-10-23-21(28)20-16(3)27(25-24-20)19-8-4-7-18-17(19)6-5-9-22-18/h4-9,14-15H,10-13H2,1-3H3,(H,23,28). The molecule has 0 bridgehead atoms. The summed E-state index contributed by atoms with van der Waals surface area (Å²) in [5.74, 6) is -0.207. The van der Waals surface area contributed by atoms with E-state index in [0.717, 1.165) is 36.3 Å². The first-order valence-electron chi connectivity index (χ1n) is 9.95. The van der Waals surface area contributed by atoms with Gasteiger partial charge in [-0.1, -0.05) is 11.3 Å². The minimum absolute atomic E-state index is 0.207. The molecule has 3 heterocycles. The SMILES string of the molecule is Cc1c(C(=O)NCCN2CC(C)OCC2C)nnn1-c1cccc2ncccc12. The first kappa shape index (κ1) is 19.5. The smallest absolute Gasteiger partial charge is 0.273 e. The van der Waals surface area contributed by atoms with Crippen molar-refractivity contribution in [1.82, 2.24) is 30.2 Å². The molecule has 8 nitrogen and oxygen atoms in total. The molecule has 0 radical (unpaired) electrons. The summed E-state index contributed by atoms with van der Waals surface area (Å²) >= 11 is 0. The van der Waals surface area contributed by atoms with E-state index in [0.29, 0.717) is 24.0 Å². The molecule has 0 aliphatic carbocycles. The van der Waals surface area contributed by atoms with Crippen LogP contribution in [0.4, 0.5) is 0 Å². The van der Waals surface area contributed by atoms with Crippen LogP contribution in [0.1, 0.15) is 30.0 Å². The molecule has 2 unspecified atom stereocenters. The molecule has 1 aliphatic heterocycles. The number of ether oxygens (including phenoxy) is 1. The number of nitrogens with zero attached hydrogens (tertiary/aromatic N) is 5. The Balaban J connectivity index is 1.46. The lowest BCUT2D eigenvalue weighted by Crippen LogP contribution is -2.49. The summed E-state index contributed by atoms with van der Waals surface area (Å²) in [6, 6.07) is 10.1. The Hall–Kier alpha value is -2.84. The van der Waals surface area contributed by atoms with Gasteiger partial charge in [0.1, 0.15) is 0 Å². The number of pyridine rings is 1. The number of benzene rings is 1. The van der Waals surface area contributed by atoms with Gasteiger partial charge in [-0.05, 0) is 45.0 Å². The average molecular weight is 394 g/mol. The van der Waals surface area contributed by atoms with Crippen LogP contribution in [0.25, 0.3) is 16.6 Å². The Morgan fingerprint density at radius 1 is 1.28 bits per heavy atom. The summed E-state index contributed by atoms with van der Waals surface area (Å²) in [6.07, 6.45) is 1.98. The number of amides is 1. The fourth-order valence-corrected chi connectivity index (χ4v) is 3.72. The van der Waals surface area contributed by atoms with E-state index in [9.17, 15) is 4.79 Å². The highest BCUT2D eigenvalue weighted by atomic mass is 16.5. The third kappa shape index (κ3) is 3.99.